The average molecular weight is 336 g/mol. The number of fused-ring (bicyclic) bond motifs is 1. The van der Waals surface area contributed by atoms with Crippen molar-refractivity contribution in [3.05, 3.63) is 65.2 Å². The van der Waals surface area contributed by atoms with Crippen LogP contribution in [0.2, 0.25) is 0 Å². The molecule has 0 bridgehead atoms. The number of morpholine rings is 1. The molecule has 25 heavy (non-hydrogen) atoms. The summed E-state index contributed by atoms with van der Waals surface area (Å²) in [7, 11) is 0. The summed E-state index contributed by atoms with van der Waals surface area (Å²) in [5.41, 5.74) is 4.27. The van der Waals surface area contributed by atoms with Crippen molar-refractivity contribution in [2.45, 2.75) is 25.9 Å². The van der Waals surface area contributed by atoms with Crippen LogP contribution in [0.4, 0.5) is 5.69 Å². The van der Waals surface area contributed by atoms with Crippen LogP contribution in [0, 0.1) is 0 Å². The van der Waals surface area contributed by atoms with Gasteiger partial charge in [0, 0.05) is 36.9 Å². The first-order valence-electron chi connectivity index (χ1n) is 9.03. The lowest BCUT2D eigenvalue weighted by Gasteiger charge is -2.27. The second kappa shape index (κ2) is 6.98. The molecule has 0 aromatic heterocycles. The first-order chi connectivity index (χ1) is 12.2. The van der Waals surface area contributed by atoms with Gasteiger partial charge in [-0.15, -0.1) is 0 Å². The first kappa shape index (κ1) is 16.3. The second-order valence-electron chi connectivity index (χ2n) is 6.95. The summed E-state index contributed by atoms with van der Waals surface area (Å²) in [5.74, 6) is 0.0984. The summed E-state index contributed by atoms with van der Waals surface area (Å²) >= 11 is 0. The summed E-state index contributed by atoms with van der Waals surface area (Å²) < 4.78 is 5.41. The number of carbonyl (C=O) groups is 1. The number of nitrogens with zero attached hydrogens (tertiary/aromatic N) is 2. The molecule has 2 aromatic carbocycles. The molecule has 0 saturated carbocycles. The van der Waals surface area contributed by atoms with Crippen LogP contribution in [0.3, 0.4) is 0 Å². The highest BCUT2D eigenvalue weighted by atomic mass is 16.5. The van der Waals surface area contributed by atoms with Gasteiger partial charge in [0.1, 0.15) is 0 Å². The molecular weight excluding hydrogens is 312 g/mol. The lowest BCUT2D eigenvalue weighted by molar-refractivity contribution is 0.0342. The van der Waals surface area contributed by atoms with E-state index in [1.807, 2.05) is 41.3 Å². The van der Waals surface area contributed by atoms with E-state index in [0.717, 1.165) is 50.5 Å². The van der Waals surface area contributed by atoms with Crippen LogP contribution in [0.1, 0.15) is 28.4 Å². The van der Waals surface area contributed by atoms with Crippen molar-refractivity contribution in [3.63, 3.8) is 0 Å². The fraction of sp³-hybridized carbons (Fsp3) is 0.381. The zero-order chi connectivity index (χ0) is 17.2. The maximum Gasteiger partial charge on any atom is 0.258 e. The van der Waals surface area contributed by atoms with E-state index in [1.54, 1.807) is 0 Å². The number of anilines is 1. The predicted octanol–water partition coefficient (Wildman–Crippen LogP) is 3.11. The van der Waals surface area contributed by atoms with Crippen molar-refractivity contribution in [1.29, 1.82) is 0 Å². The standard InChI is InChI=1S/C21H24N2O2/c1-16-13-18-6-2-3-8-20(18)23(16)21(24)19-7-4-5-17(14-19)15-22-9-11-25-12-10-22/h2-8,14,16H,9-13,15H2,1H3/t16-/m1/s1. The first-order valence-corrected chi connectivity index (χ1v) is 9.03. The van der Waals surface area contributed by atoms with Gasteiger partial charge in [-0.25, -0.2) is 0 Å². The van der Waals surface area contributed by atoms with Gasteiger partial charge in [0.2, 0.25) is 0 Å². The van der Waals surface area contributed by atoms with Crippen LogP contribution in [0.5, 0.6) is 0 Å². The summed E-state index contributed by atoms with van der Waals surface area (Å²) in [4.78, 5) is 17.5. The molecule has 2 aromatic rings. The third-order valence-electron chi connectivity index (χ3n) is 5.11. The Morgan fingerprint density at radius 2 is 1.92 bits per heavy atom. The topological polar surface area (TPSA) is 32.8 Å². The van der Waals surface area contributed by atoms with Gasteiger partial charge in [-0.3, -0.25) is 9.69 Å². The summed E-state index contributed by atoms with van der Waals surface area (Å²) in [6.45, 7) is 6.48. The minimum atomic E-state index is 0.0984. The van der Waals surface area contributed by atoms with E-state index in [1.165, 1.54) is 11.1 Å². The Hall–Kier alpha value is -2.17. The monoisotopic (exact) mass is 336 g/mol. The highest BCUT2D eigenvalue weighted by Crippen LogP contribution is 2.33. The molecule has 0 unspecified atom stereocenters. The number of benzene rings is 2. The van der Waals surface area contributed by atoms with E-state index in [4.69, 9.17) is 4.74 Å². The molecule has 130 valence electrons. The van der Waals surface area contributed by atoms with E-state index in [0.29, 0.717) is 0 Å². The van der Waals surface area contributed by atoms with Crippen molar-refractivity contribution in [2.24, 2.45) is 0 Å². The molecule has 2 aliphatic rings. The van der Waals surface area contributed by atoms with E-state index < -0.39 is 0 Å². The SMILES string of the molecule is C[C@@H]1Cc2ccccc2N1C(=O)c1cccc(CN2CCOCC2)c1. The van der Waals surface area contributed by atoms with Gasteiger partial charge < -0.3 is 9.64 Å². The van der Waals surface area contributed by atoms with Crippen molar-refractivity contribution < 1.29 is 9.53 Å². The van der Waals surface area contributed by atoms with Crippen LogP contribution in [0.15, 0.2) is 48.5 Å². The van der Waals surface area contributed by atoms with Crippen LogP contribution < -0.4 is 4.90 Å². The van der Waals surface area contributed by atoms with Crippen molar-refractivity contribution in [3.8, 4) is 0 Å². The number of carbonyl (C=O) groups excluding carboxylic acids is 1. The molecule has 1 atom stereocenters. The normalized spacial score (nSPS) is 20.5. The number of hydrogen-bond donors (Lipinski definition) is 0. The fourth-order valence-corrected chi connectivity index (χ4v) is 3.83. The van der Waals surface area contributed by atoms with Crippen molar-refractivity contribution in [2.75, 3.05) is 31.2 Å². The summed E-state index contributed by atoms with van der Waals surface area (Å²) in [6.07, 6.45) is 0.926. The molecule has 1 saturated heterocycles. The molecule has 4 rings (SSSR count). The molecule has 2 heterocycles. The maximum absolute atomic E-state index is 13.2. The largest absolute Gasteiger partial charge is 0.379 e. The third-order valence-corrected chi connectivity index (χ3v) is 5.11. The molecular formula is C21H24N2O2. The van der Waals surface area contributed by atoms with Crippen molar-refractivity contribution in [1.82, 2.24) is 4.90 Å². The van der Waals surface area contributed by atoms with Crippen molar-refractivity contribution >= 4 is 11.6 Å². The maximum atomic E-state index is 13.2. The molecule has 2 aliphatic heterocycles. The quantitative estimate of drug-likeness (QED) is 0.863. The second-order valence-corrected chi connectivity index (χ2v) is 6.95. The number of para-hydroxylation sites is 1. The molecule has 0 radical (unpaired) electrons. The smallest absolute Gasteiger partial charge is 0.258 e. The Morgan fingerprint density at radius 3 is 2.76 bits per heavy atom. The minimum Gasteiger partial charge on any atom is -0.379 e. The highest BCUT2D eigenvalue weighted by molar-refractivity contribution is 6.07. The van der Waals surface area contributed by atoms with Crippen LogP contribution in [-0.2, 0) is 17.7 Å². The van der Waals surface area contributed by atoms with Crippen LogP contribution in [0.25, 0.3) is 0 Å². The Morgan fingerprint density at radius 1 is 1.12 bits per heavy atom. The molecule has 1 amide bonds. The molecule has 0 spiro atoms. The van der Waals surface area contributed by atoms with Gasteiger partial charge in [-0.2, -0.15) is 0 Å². The van der Waals surface area contributed by atoms with E-state index in [-0.39, 0.29) is 11.9 Å². The van der Waals surface area contributed by atoms with Crippen LogP contribution >= 0.6 is 0 Å². The highest BCUT2D eigenvalue weighted by Gasteiger charge is 2.31. The molecule has 4 heteroatoms. The number of hydrogen-bond acceptors (Lipinski definition) is 3. The van der Waals surface area contributed by atoms with Gasteiger partial charge in [0.15, 0.2) is 0 Å². The average Bonchev–Trinajstić information content (AvgIpc) is 2.98. The van der Waals surface area contributed by atoms with Gasteiger partial charge in [-0.05, 0) is 42.7 Å². The summed E-state index contributed by atoms with van der Waals surface area (Å²) in [6, 6.07) is 16.5. The molecule has 0 N–H and O–H groups in total. The van der Waals surface area contributed by atoms with Gasteiger partial charge in [-0.1, -0.05) is 30.3 Å². The lowest BCUT2D eigenvalue weighted by atomic mass is 10.1. The Labute approximate surface area is 149 Å². The third kappa shape index (κ3) is 3.32. The zero-order valence-corrected chi connectivity index (χ0v) is 14.6. The van der Waals surface area contributed by atoms with Gasteiger partial charge in [0.05, 0.1) is 13.2 Å². The Kier molecular flexibility index (Phi) is 4.55. The molecule has 4 nitrogen and oxygen atoms in total. The number of amides is 1. The summed E-state index contributed by atoms with van der Waals surface area (Å²) in [5, 5.41) is 0. The van der Waals surface area contributed by atoms with E-state index in [9.17, 15) is 4.79 Å². The fourth-order valence-electron chi connectivity index (χ4n) is 3.83. The Bertz CT molecular complexity index is 768. The number of rotatable bonds is 3. The molecule has 1 fully saturated rings. The van der Waals surface area contributed by atoms with Gasteiger partial charge >= 0.3 is 0 Å². The van der Waals surface area contributed by atoms with Crippen LogP contribution in [-0.4, -0.2) is 43.2 Å². The minimum absolute atomic E-state index is 0.0984. The van der Waals surface area contributed by atoms with E-state index >= 15 is 0 Å². The van der Waals surface area contributed by atoms with Gasteiger partial charge in [0.25, 0.3) is 5.91 Å². The zero-order valence-electron chi connectivity index (χ0n) is 14.6. The Balaban J connectivity index is 1.55. The van der Waals surface area contributed by atoms with E-state index in [2.05, 4.69) is 24.0 Å². The number of ether oxygens (including phenoxy) is 1. The predicted molar refractivity (Wildman–Crippen MR) is 99.0 cm³/mol. The lowest BCUT2D eigenvalue weighted by Crippen LogP contribution is -2.36. The molecule has 0 aliphatic carbocycles.